The van der Waals surface area contributed by atoms with E-state index in [4.69, 9.17) is 0 Å². The van der Waals surface area contributed by atoms with Gasteiger partial charge in [0, 0.05) is 31.6 Å². The van der Waals surface area contributed by atoms with E-state index < -0.39 is 5.82 Å². The highest BCUT2D eigenvalue weighted by Crippen LogP contribution is 2.18. The zero-order valence-corrected chi connectivity index (χ0v) is 14.5. The zero-order chi connectivity index (χ0) is 18.8. The van der Waals surface area contributed by atoms with Gasteiger partial charge in [0.05, 0.1) is 11.2 Å². The molecule has 0 bridgehead atoms. The lowest BCUT2D eigenvalue weighted by atomic mass is 10.2. The van der Waals surface area contributed by atoms with Gasteiger partial charge in [-0.2, -0.15) is 5.10 Å². The quantitative estimate of drug-likeness (QED) is 0.731. The van der Waals surface area contributed by atoms with E-state index in [1.54, 1.807) is 21.9 Å². The van der Waals surface area contributed by atoms with Crippen LogP contribution in [0.5, 0.6) is 0 Å². The number of carbonyl (C=O) groups excluding carboxylic acids is 2. The molecule has 0 aliphatic carbocycles. The molecule has 2 aromatic carbocycles. The minimum atomic E-state index is -0.481. The number of nitrogens with one attached hydrogen (secondary N) is 2. The molecule has 8 heteroatoms. The molecule has 3 aromatic rings. The van der Waals surface area contributed by atoms with Crippen LogP contribution in [-0.4, -0.2) is 58.1 Å². The van der Waals surface area contributed by atoms with Gasteiger partial charge in [-0.3, -0.25) is 9.89 Å². The molecule has 1 saturated heterocycles. The number of hydrogen-bond acceptors (Lipinski definition) is 3. The first-order valence-electron chi connectivity index (χ1n) is 8.66. The van der Waals surface area contributed by atoms with Gasteiger partial charge in [0.25, 0.3) is 5.91 Å². The molecule has 3 amide bonds. The summed E-state index contributed by atoms with van der Waals surface area (Å²) in [6, 6.07) is 13.1. The van der Waals surface area contributed by atoms with Crippen LogP contribution in [0.3, 0.4) is 0 Å². The molecule has 2 N–H and O–H groups in total. The Balaban J connectivity index is 1.39. The van der Waals surface area contributed by atoms with Crippen molar-refractivity contribution >= 4 is 28.5 Å². The Hall–Kier alpha value is -3.42. The lowest BCUT2D eigenvalue weighted by Crippen LogP contribution is -2.51. The normalized spacial score (nSPS) is 14.4. The molecule has 0 atom stereocenters. The van der Waals surface area contributed by atoms with Gasteiger partial charge in [-0.05, 0) is 18.2 Å². The molecule has 1 fully saturated rings. The van der Waals surface area contributed by atoms with Crippen LogP contribution in [0.1, 0.15) is 10.5 Å². The molecule has 1 aliphatic heterocycles. The molecule has 0 saturated carbocycles. The second kappa shape index (κ2) is 7.06. The van der Waals surface area contributed by atoms with Crippen molar-refractivity contribution < 1.29 is 14.0 Å². The number of para-hydroxylation sites is 2. The van der Waals surface area contributed by atoms with Crippen molar-refractivity contribution in [2.24, 2.45) is 0 Å². The minimum absolute atomic E-state index is 0.143. The maximum Gasteiger partial charge on any atom is 0.322 e. The monoisotopic (exact) mass is 367 g/mol. The summed E-state index contributed by atoms with van der Waals surface area (Å²) in [4.78, 5) is 28.3. The Morgan fingerprint density at radius 1 is 0.963 bits per heavy atom. The minimum Gasteiger partial charge on any atom is -0.334 e. The summed E-state index contributed by atoms with van der Waals surface area (Å²) in [5.41, 5.74) is 1.34. The summed E-state index contributed by atoms with van der Waals surface area (Å²) < 4.78 is 13.7. The fraction of sp³-hybridized carbons (Fsp3) is 0.211. The standard InChI is InChI=1S/C19H18FN5O2/c20-14-6-2-4-8-16(14)21-19(27)25-11-9-24(10-12-25)18(26)17-13-5-1-3-7-15(13)22-23-17/h1-8H,9-12H2,(H,21,27)(H,22,23). The molecule has 2 heterocycles. The highest BCUT2D eigenvalue weighted by atomic mass is 19.1. The first-order chi connectivity index (χ1) is 13.1. The SMILES string of the molecule is O=C(Nc1ccccc1F)N1CCN(C(=O)c2n[nH]c3ccccc23)CC1. The summed E-state index contributed by atoms with van der Waals surface area (Å²) in [7, 11) is 0. The highest BCUT2D eigenvalue weighted by molar-refractivity contribution is 6.04. The Bertz CT molecular complexity index is 994. The second-order valence-corrected chi connectivity index (χ2v) is 6.31. The number of rotatable bonds is 2. The molecule has 0 unspecified atom stereocenters. The van der Waals surface area contributed by atoms with Crippen LogP contribution < -0.4 is 5.32 Å². The number of halogens is 1. The van der Waals surface area contributed by atoms with Crippen molar-refractivity contribution in [1.29, 1.82) is 0 Å². The highest BCUT2D eigenvalue weighted by Gasteiger charge is 2.27. The van der Waals surface area contributed by atoms with E-state index in [2.05, 4.69) is 15.5 Å². The Kier molecular flexibility index (Phi) is 4.45. The molecule has 1 aromatic heterocycles. The van der Waals surface area contributed by atoms with Crippen molar-refractivity contribution in [3.05, 3.63) is 60.0 Å². The maximum atomic E-state index is 13.7. The Morgan fingerprint density at radius 3 is 2.41 bits per heavy atom. The van der Waals surface area contributed by atoms with Crippen LogP contribution in [0.15, 0.2) is 48.5 Å². The molecule has 0 radical (unpaired) electrons. The first kappa shape index (κ1) is 17.0. The summed E-state index contributed by atoms with van der Waals surface area (Å²) >= 11 is 0. The van der Waals surface area contributed by atoms with E-state index in [9.17, 15) is 14.0 Å². The van der Waals surface area contributed by atoms with Crippen molar-refractivity contribution in [3.63, 3.8) is 0 Å². The number of anilines is 1. The topological polar surface area (TPSA) is 81.3 Å². The zero-order valence-electron chi connectivity index (χ0n) is 14.5. The fourth-order valence-electron chi connectivity index (χ4n) is 3.15. The van der Waals surface area contributed by atoms with E-state index in [-0.39, 0.29) is 17.6 Å². The molecule has 4 rings (SSSR count). The number of aromatic nitrogens is 2. The Morgan fingerprint density at radius 2 is 1.63 bits per heavy atom. The van der Waals surface area contributed by atoms with Crippen molar-refractivity contribution in [2.75, 3.05) is 31.5 Å². The van der Waals surface area contributed by atoms with Gasteiger partial charge in [0.1, 0.15) is 5.82 Å². The second-order valence-electron chi connectivity index (χ2n) is 6.31. The molecule has 1 aliphatic rings. The van der Waals surface area contributed by atoms with Crippen molar-refractivity contribution in [1.82, 2.24) is 20.0 Å². The van der Waals surface area contributed by atoms with Crippen molar-refractivity contribution in [3.8, 4) is 0 Å². The summed E-state index contributed by atoms with van der Waals surface area (Å²) in [6.07, 6.45) is 0. The van der Waals surface area contributed by atoms with E-state index in [1.165, 1.54) is 12.1 Å². The summed E-state index contributed by atoms with van der Waals surface area (Å²) in [5, 5.41) is 10.3. The predicted octanol–water partition coefficient (Wildman–Crippen LogP) is 2.69. The molecule has 138 valence electrons. The third kappa shape index (κ3) is 3.33. The maximum absolute atomic E-state index is 13.7. The Labute approximate surface area is 154 Å². The average Bonchev–Trinajstić information content (AvgIpc) is 3.13. The fourth-order valence-corrected chi connectivity index (χ4v) is 3.15. The number of benzene rings is 2. The lowest BCUT2D eigenvalue weighted by molar-refractivity contribution is 0.0667. The van der Waals surface area contributed by atoms with Gasteiger partial charge >= 0.3 is 6.03 Å². The molecular formula is C19H18FN5O2. The van der Waals surface area contributed by atoms with Crippen LogP contribution in [0.25, 0.3) is 10.9 Å². The molecule has 7 nitrogen and oxygen atoms in total. The molecule has 0 spiro atoms. The van der Waals surface area contributed by atoms with Crippen molar-refractivity contribution in [2.45, 2.75) is 0 Å². The number of aromatic amines is 1. The first-order valence-corrected chi connectivity index (χ1v) is 8.66. The third-order valence-corrected chi connectivity index (χ3v) is 4.64. The largest absolute Gasteiger partial charge is 0.334 e. The predicted molar refractivity (Wildman–Crippen MR) is 99.0 cm³/mol. The van der Waals surface area contributed by atoms with E-state index in [0.717, 1.165) is 10.9 Å². The van der Waals surface area contributed by atoms with E-state index >= 15 is 0 Å². The number of hydrogen-bond donors (Lipinski definition) is 2. The average molecular weight is 367 g/mol. The van der Waals surface area contributed by atoms with Gasteiger partial charge in [-0.1, -0.05) is 30.3 Å². The molecule has 27 heavy (non-hydrogen) atoms. The van der Waals surface area contributed by atoms with Crippen LogP contribution in [0.2, 0.25) is 0 Å². The summed E-state index contributed by atoms with van der Waals surface area (Å²) in [5.74, 6) is -0.647. The van der Waals surface area contributed by atoms with Crippen LogP contribution in [0, 0.1) is 5.82 Å². The van der Waals surface area contributed by atoms with Crippen LogP contribution in [-0.2, 0) is 0 Å². The number of urea groups is 1. The third-order valence-electron chi connectivity index (χ3n) is 4.64. The van der Waals surface area contributed by atoms with Gasteiger partial charge in [-0.15, -0.1) is 0 Å². The van der Waals surface area contributed by atoms with Gasteiger partial charge in [0.15, 0.2) is 5.69 Å². The number of fused-ring (bicyclic) bond motifs is 1. The van der Waals surface area contributed by atoms with Crippen LogP contribution in [0.4, 0.5) is 14.9 Å². The van der Waals surface area contributed by atoms with Gasteiger partial charge < -0.3 is 15.1 Å². The van der Waals surface area contributed by atoms with E-state index in [0.29, 0.717) is 31.9 Å². The number of carbonyl (C=O) groups is 2. The van der Waals surface area contributed by atoms with Gasteiger partial charge in [0.2, 0.25) is 0 Å². The van der Waals surface area contributed by atoms with Gasteiger partial charge in [-0.25, -0.2) is 9.18 Å². The number of nitrogens with zero attached hydrogens (tertiary/aromatic N) is 3. The number of H-pyrrole nitrogens is 1. The van der Waals surface area contributed by atoms with E-state index in [1.807, 2.05) is 24.3 Å². The molecular weight excluding hydrogens is 349 g/mol. The lowest BCUT2D eigenvalue weighted by Gasteiger charge is -2.34. The number of amides is 3. The summed E-state index contributed by atoms with van der Waals surface area (Å²) in [6.45, 7) is 1.53. The smallest absolute Gasteiger partial charge is 0.322 e. The number of piperazine rings is 1. The van der Waals surface area contributed by atoms with Crippen LogP contribution >= 0.6 is 0 Å².